The van der Waals surface area contributed by atoms with Gasteiger partial charge in [-0.1, -0.05) is 44.8 Å². The third-order valence-electron chi connectivity index (χ3n) is 3.02. The van der Waals surface area contributed by atoms with Crippen LogP contribution in [-0.2, 0) is 0 Å². The van der Waals surface area contributed by atoms with Crippen molar-refractivity contribution in [3.8, 4) is 22.5 Å². The van der Waals surface area contributed by atoms with Crippen LogP contribution in [0.3, 0.4) is 0 Å². The van der Waals surface area contributed by atoms with Gasteiger partial charge in [-0.15, -0.1) is 0 Å². The van der Waals surface area contributed by atoms with Crippen molar-refractivity contribution in [1.82, 2.24) is 5.16 Å². The fraction of sp³-hybridized carbons (Fsp3) is 0. The highest BCUT2D eigenvalue weighted by Crippen LogP contribution is 2.39. The van der Waals surface area contributed by atoms with Crippen molar-refractivity contribution in [3.63, 3.8) is 0 Å². The second kappa shape index (κ2) is 5.98. The number of nitrogens with two attached hydrogens (primary N) is 1. The average molecular weight is 476 g/mol. The highest BCUT2D eigenvalue weighted by Gasteiger charge is 2.19. The van der Waals surface area contributed by atoms with Crippen molar-refractivity contribution in [2.45, 2.75) is 0 Å². The molecule has 2 N–H and O–H groups in total. The summed E-state index contributed by atoms with van der Waals surface area (Å²) >= 11 is 11.7. The number of halogens is 3. The number of nitrogens with zero attached hydrogens (tertiary/aromatic N) is 1. The van der Waals surface area contributed by atoms with Crippen molar-refractivity contribution >= 4 is 55.9 Å². The van der Waals surface area contributed by atoms with Crippen LogP contribution in [0.15, 0.2) is 51.5 Å². The van der Waals surface area contributed by atoms with E-state index in [9.17, 15) is 0 Å². The summed E-state index contributed by atoms with van der Waals surface area (Å²) in [5.74, 6) is 1.02. The molecule has 0 aliphatic rings. The summed E-state index contributed by atoms with van der Waals surface area (Å²) in [6.45, 7) is 0. The van der Waals surface area contributed by atoms with Crippen LogP contribution in [0, 0.1) is 3.57 Å². The van der Waals surface area contributed by atoms with Crippen molar-refractivity contribution in [2.24, 2.45) is 0 Å². The first-order chi connectivity index (χ1) is 10.1. The molecule has 0 unspecified atom stereocenters. The Balaban J connectivity index is 2.21. The maximum atomic E-state index is 5.98. The quantitative estimate of drug-likeness (QED) is 0.490. The molecule has 106 valence electrons. The van der Waals surface area contributed by atoms with Crippen molar-refractivity contribution < 1.29 is 4.52 Å². The zero-order chi connectivity index (χ0) is 15.0. The molecule has 3 aromatic rings. The molecule has 21 heavy (non-hydrogen) atoms. The van der Waals surface area contributed by atoms with Gasteiger partial charge in [0, 0.05) is 18.6 Å². The van der Waals surface area contributed by atoms with E-state index in [-0.39, 0.29) is 0 Å². The molecule has 0 bridgehead atoms. The zero-order valence-corrected chi connectivity index (χ0v) is 15.1. The molecule has 0 aliphatic heterocycles. The first-order valence-corrected chi connectivity index (χ1v) is 8.28. The van der Waals surface area contributed by atoms with E-state index in [0.717, 1.165) is 24.7 Å². The standard InChI is InChI=1S/C15H9BrClIN2O/c16-9-3-6-12(18)11(7-9)14-13(15(19)20-21-14)8-1-4-10(17)5-2-8/h1-7H,(H2,19,20). The van der Waals surface area contributed by atoms with Crippen LogP contribution >= 0.6 is 50.1 Å². The molecule has 3 nitrogen and oxygen atoms in total. The SMILES string of the molecule is Nc1noc(-c2cc(Br)ccc2I)c1-c1ccc(Cl)cc1. The van der Waals surface area contributed by atoms with E-state index in [2.05, 4.69) is 43.7 Å². The normalized spacial score (nSPS) is 10.8. The van der Waals surface area contributed by atoms with E-state index in [1.807, 2.05) is 42.5 Å². The van der Waals surface area contributed by atoms with Gasteiger partial charge in [0.1, 0.15) is 0 Å². The number of aromatic nitrogens is 1. The minimum absolute atomic E-state index is 0.364. The topological polar surface area (TPSA) is 52.0 Å². The number of hydrogen-bond donors (Lipinski definition) is 1. The van der Waals surface area contributed by atoms with Gasteiger partial charge in [-0.25, -0.2) is 0 Å². The molecule has 0 spiro atoms. The van der Waals surface area contributed by atoms with Crippen LogP contribution in [0.1, 0.15) is 0 Å². The van der Waals surface area contributed by atoms with Crippen LogP contribution in [-0.4, -0.2) is 5.16 Å². The number of hydrogen-bond acceptors (Lipinski definition) is 3. The molecule has 3 rings (SSSR count). The molecule has 0 fully saturated rings. The zero-order valence-electron chi connectivity index (χ0n) is 10.6. The lowest BCUT2D eigenvalue weighted by molar-refractivity contribution is 0.436. The minimum atomic E-state index is 0.364. The summed E-state index contributed by atoms with van der Waals surface area (Å²) < 4.78 is 7.49. The van der Waals surface area contributed by atoms with E-state index in [4.69, 9.17) is 21.9 Å². The second-order valence-electron chi connectivity index (χ2n) is 4.40. The van der Waals surface area contributed by atoms with Gasteiger partial charge in [-0.2, -0.15) is 0 Å². The summed E-state index contributed by atoms with van der Waals surface area (Å²) in [5, 5.41) is 4.59. The Hall–Kier alpha value is -1.05. The van der Waals surface area contributed by atoms with Crippen LogP contribution in [0.4, 0.5) is 5.82 Å². The van der Waals surface area contributed by atoms with Gasteiger partial charge in [-0.3, -0.25) is 0 Å². The number of benzene rings is 2. The third kappa shape index (κ3) is 2.95. The number of rotatable bonds is 2. The molecule has 2 aromatic carbocycles. The Morgan fingerprint density at radius 3 is 2.57 bits per heavy atom. The fourth-order valence-electron chi connectivity index (χ4n) is 2.05. The third-order valence-corrected chi connectivity index (χ3v) is 4.71. The first-order valence-electron chi connectivity index (χ1n) is 6.03. The Bertz CT molecular complexity index is 802. The maximum Gasteiger partial charge on any atom is 0.178 e. The molecule has 0 radical (unpaired) electrons. The predicted molar refractivity (Wildman–Crippen MR) is 97.2 cm³/mol. The van der Waals surface area contributed by atoms with Crippen LogP contribution < -0.4 is 5.73 Å². The molecule has 1 aromatic heterocycles. The second-order valence-corrected chi connectivity index (χ2v) is 6.92. The average Bonchev–Trinajstić information content (AvgIpc) is 2.84. The molecule has 0 saturated carbocycles. The van der Waals surface area contributed by atoms with E-state index in [1.165, 1.54) is 0 Å². The van der Waals surface area contributed by atoms with Crippen LogP contribution in [0.2, 0.25) is 5.02 Å². The molecule has 1 heterocycles. The lowest BCUT2D eigenvalue weighted by atomic mass is 10.0. The van der Waals surface area contributed by atoms with E-state index in [1.54, 1.807) is 0 Å². The lowest BCUT2D eigenvalue weighted by Gasteiger charge is -2.06. The van der Waals surface area contributed by atoms with Gasteiger partial charge < -0.3 is 10.3 Å². The fourth-order valence-corrected chi connectivity index (χ4v) is 3.12. The summed E-state index contributed by atoms with van der Waals surface area (Å²) in [7, 11) is 0. The maximum absolute atomic E-state index is 5.98. The van der Waals surface area contributed by atoms with Crippen LogP contribution in [0.5, 0.6) is 0 Å². The molecular weight excluding hydrogens is 466 g/mol. The largest absolute Gasteiger partial charge is 0.380 e. The number of anilines is 1. The molecule has 0 saturated heterocycles. The Labute approximate surface area is 148 Å². The van der Waals surface area contributed by atoms with Crippen molar-refractivity contribution in [1.29, 1.82) is 0 Å². The Morgan fingerprint density at radius 1 is 1.14 bits per heavy atom. The lowest BCUT2D eigenvalue weighted by Crippen LogP contribution is -1.90. The van der Waals surface area contributed by atoms with Crippen molar-refractivity contribution in [2.75, 3.05) is 5.73 Å². The van der Waals surface area contributed by atoms with Gasteiger partial charge >= 0.3 is 0 Å². The van der Waals surface area contributed by atoms with Gasteiger partial charge in [0.2, 0.25) is 0 Å². The number of nitrogen functional groups attached to an aromatic ring is 1. The highest BCUT2D eigenvalue weighted by molar-refractivity contribution is 14.1. The molecular formula is C15H9BrClIN2O. The van der Waals surface area contributed by atoms with Gasteiger partial charge in [0.05, 0.1) is 5.56 Å². The molecule has 6 heteroatoms. The molecule has 0 atom stereocenters. The van der Waals surface area contributed by atoms with E-state index >= 15 is 0 Å². The monoisotopic (exact) mass is 474 g/mol. The van der Waals surface area contributed by atoms with Crippen molar-refractivity contribution in [3.05, 3.63) is 55.5 Å². The predicted octanol–water partition coefficient (Wildman–Crippen LogP) is 5.61. The summed E-state index contributed by atoms with van der Waals surface area (Å²) in [5.41, 5.74) is 8.63. The van der Waals surface area contributed by atoms with E-state index < -0.39 is 0 Å². The first kappa shape index (κ1) is 14.9. The van der Waals surface area contributed by atoms with E-state index in [0.29, 0.717) is 16.6 Å². The summed E-state index contributed by atoms with van der Waals surface area (Å²) in [4.78, 5) is 0. The highest BCUT2D eigenvalue weighted by atomic mass is 127. The van der Waals surface area contributed by atoms with Gasteiger partial charge in [0.25, 0.3) is 0 Å². The Kier molecular flexibility index (Phi) is 4.24. The smallest absolute Gasteiger partial charge is 0.178 e. The molecule has 0 aliphatic carbocycles. The molecule has 0 amide bonds. The summed E-state index contributed by atoms with van der Waals surface area (Å²) in [6, 6.07) is 13.4. The Morgan fingerprint density at radius 2 is 1.86 bits per heavy atom. The minimum Gasteiger partial charge on any atom is -0.380 e. The summed E-state index contributed by atoms with van der Waals surface area (Å²) in [6.07, 6.45) is 0. The van der Waals surface area contributed by atoms with Gasteiger partial charge in [-0.05, 0) is 58.5 Å². The van der Waals surface area contributed by atoms with Crippen LogP contribution in [0.25, 0.3) is 22.5 Å². The van der Waals surface area contributed by atoms with Gasteiger partial charge in [0.15, 0.2) is 11.6 Å².